The van der Waals surface area contributed by atoms with Gasteiger partial charge in [-0.05, 0) is 0 Å². The molecular weight excluding hydrogens is 118 g/mol. The van der Waals surface area contributed by atoms with Crippen molar-refractivity contribution in [2.24, 2.45) is 0 Å². The predicted octanol–water partition coefficient (Wildman–Crippen LogP) is -1.35. The molecule has 0 aromatic heterocycles. The van der Waals surface area contributed by atoms with E-state index in [0.717, 1.165) is 0 Å². The molecule has 3 nitrogen and oxygen atoms in total. The van der Waals surface area contributed by atoms with E-state index in [4.69, 9.17) is 0 Å². The maximum absolute atomic E-state index is 0. The zero-order valence-electron chi connectivity index (χ0n) is 3.36. The molecule has 0 aromatic rings. The van der Waals surface area contributed by atoms with Crippen LogP contribution in [-0.4, -0.2) is 35.3 Å². The minimum atomic E-state index is 0. The van der Waals surface area contributed by atoms with Crippen molar-refractivity contribution < 1.29 is 16.4 Å². The minimum absolute atomic E-state index is 0. The summed E-state index contributed by atoms with van der Waals surface area (Å²) in [7, 11) is 0. The summed E-state index contributed by atoms with van der Waals surface area (Å²) in [5, 5.41) is 0. The van der Waals surface area contributed by atoms with Crippen LogP contribution in [-0.2, 0) is 0 Å². The fraction of sp³-hybridized carbons (Fsp3) is 0. The Kier molecular flexibility index (Phi) is 3280. The van der Waals surface area contributed by atoms with E-state index in [1.165, 1.54) is 0 Å². The second-order valence-corrected chi connectivity index (χ2v) is 0. The molecule has 6 radical (unpaired) electrons. The topological polar surface area (TPSA) is 94.5 Å². The molecule has 0 saturated carbocycles. The van der Waals surface area contributed by atoms with Gasteiger partial charge in [-0.3, -0.25) is 0 Å². The Bertz CT molecular complexity index is 10.8. The van der Waals surface area contributed by atoms with E-state index < -0.39 is 0 Å². The van der Waals surface area contributed by atoms with Crippen LogP contribution in [0.25, 0.3) is 0 Å². The van der Waals surface area contributed by atoms with Gasteiger partial charge in [0, 0.05) is 42.3 Å². The van der Waals surface area contributed by atoms with Gasteiger partial charge >= 0.3 is 0 Å². The van der Waals surface area contributed by atoms with Gasteiger partial charge in [-0.2, -0.15) is 0 Å². The second-order valence-electron chi connectivity index (χ2n) is 0. The van der Waals surface area contributed by atoms with Gasteiger partial charge in [-0.15, -0.1) is 0 Å². The van der Waals surface area contributed by atoms with Crippen LogP contribution in [0.4, 0.5) is 0 Å². The summed E-state index contributed by atoms with van der Waals surface area (Å²) in [6.07, 6.45) is 0. The molecule has 0 bridgehead atoms. The molecule has 6 N–H and O–H groups in total. The summed E-state index contributed by atoms with van der Waals surface area (Å²) in [6, 6.07) is 0. The van der Waals surface area contributed by atoms with E-state index in [1.54, 1.807) is 0 Å². The molecule has 0 aromatic carbocycles. The van der Waals surface area contributed by atoms with E-state index in [-0.39, 0.29) is 58.7 Å². The largest absolute Gasteiger partial charge is 0.412 e. The average Bonchev–Trinajstić information content (AvgIpc) is 0. The Hall–Kier alpha value is 1.26. The molecule has 0 fully saturated rings. The van der Waals surface area contributed by atoms with Gasteiger partial charge in [0.05, 0.1) is 0 Å². The van der Waals surface area contributed by atoms with Crippen molar-refractivity contribution in [2.75, 3.05) is 0 Å². The van der Waals surface area contributed by atoms with E-state index in [2.05, 4.69) is 0 Å². The van der Waals surface area contributed by atoms with Crippen LogP contribution in [0, 0.1) is 0 Å². The van der Waals surface area contributed by atoms with Crippen LogP contribution >= 0.6 is 23.4 Å². The van der Waals surface area contributed by atoms with E-state index in [9.17, 15) is 0 Å². The fourth-order valence-corrected chi connectivity index (χ4v) is 0. The third-order valence-corrected chi connectivity index (χ3v) is 0. The fourth-order valence-electron chi connectivity index (χ4n) is 0. The quantitative estimate of drug-likeness (QED) is 0.282. The van der Waals surface area contributed by atoms with Crippen molar-refractivity contribution in [1.82, 2.24) is 0 Å². The van der Waals surface area contributed by atoms with Gasteiger partial charge in [0.15, 0.2) is 0 Å². The standard InChI is InChI=1S/Li.3H2O.P.S/h;3*1H2;;. The summed E-state index contributed by atoms with van der Waals surface area (Å²) in [5.74, 6) is 0. The molecule has 0 aliphatic rings. The van der Waals surface area contributed by atoms with Crippen molar-refractivity contribution in [3.63, 3.8) is 0 Å². The molecular formula is H6LiO3PS. The molecule has 0 rings (SSSR count). The normalized spacial score (nSPS) is 0. The Morgan fingerprint density at radius 2 is 0.667 bits per heavy atom. The van der Waals surface area contributed by atoms with Crippen molar-refractivity contribution in [3.05, 3.63) is 0 Å². The zero-order valence-corrected chi connectivity index (χ0v) is 5.07. The van der Waals surface area contributed by atoms with E-state index in [0.29, 0.717) is 0 Å². The number of hydrogen-bond donors (Lipinski definition) is 0. The van der Waals surface area contributed by atoms with Crippen molar-refractivity contribution in [3.8, 4) is 0 Å². The molecule has 0 spiro atoms. The molecule has 0 saturated heterocycles. The smallest absolute Gasteiger partial charge is 0 e. The first-order valence-corrected chi connectivity index (χ1v) is 0. The van der Waals surface area contributed by atoms with Crippen molar-refractivity contribution in [2.45, 2.75) is 0 Å². The Morgan fingerprint density at radius 1 is 0.667 bits per heavy atom. The molecule has 6 heteroatoms. The third-order valence-electron chi connectivity index (χ3n) is 0. The predicted molar refractivity (Wildman–Crippen MR) is 31.1 cm³/mol. The SMILES string of the molecule is O.O.O.[Li].[P].[S]. The van der Waals surface area contributed by atoms with Crippen LogP contribution in [0.3, 0.4) is 0 Å². The molecule has 6 heavy (non-hydrogen) atoms. The van der Waals surface area contributed by atoms with Crippen LogP contribution in [0.5, 0.6) is 0 Å². The first-order valence-electron chi connectivity index (χ1n) is 0. The molecule has 0 amide bonds. The Morgan fingerprint density at radius 3 is 0.667 bits per heavy atom. The molecule has 36 valence electrons. The first-order chi connectivity index (χ1) is 0. The number of rotatable bonds is 0. The minimum Gasteiger partial charge on any atom is -0.412 e. The third kappa shape index (κ3) is 60.3. The van der Waals surface area contributed by atoms with Crippen LogP contribution < -0.4 is 0 Å². The van der Waals surface area contributed by atoms with Crippen LogP contribution in [0.15, 0.2) is 0 Å². The van der Waals surface area contributed by atoms with Crippen molar-refractivity contribution >= 4 is 42.3 Å². The summed E-state index contributed by atoms with van der Waals surface area (Å²) < 4.78 is 0. The summed E-state index contributed by atoms with van der Waals surface area (Å²) in [4.78, 5) is 0. The van der Waals surface area contributed by atoms with Gasteiger partial charge in [0.1, 0.15) is 0 Å². The second kappa shape index (κ2) is 109. The summed E-state index contributed by atoms with van der Waals surface area (Å²) in [6.45, 7) is 0. The molecule has 0 unspecified atom stereocenters. The van der Waals surface area contributed by atoms with E-state index in [1.807, 2.05) is 0 Å². The summed E-state index contributed by atoms with van der Waals surface area (Å²) in [5.41, 5.74) is 0. The monoisotopic (exact) mass is 124 g/mol. The zero-order chi connectivity index (χ0) is 0. The molecule has 0 heterocycles. The van der Waals surface area contributed by atoms with Crippen molar-refractivity contribution in [1.29, 1.82) is 0 Å². The molecule has 0 aliphatic carbocycles. The molecule has 0 aliphatic heterocycles. The van der Waals surface area contributed by atoms with Gasteiger partial charge in [-0.25, -0.2) is 0 Å². The van der Waals surface area contributed by atoms with Crippen LogP contribution in [0.2, 0.25) is 0 Å². The van der Waals surface area contributed by atoms with Gasteiger partial charge in [-0.1, -0.05) is 0 Å². The van der Waals surface area contributed by atoms with Crippen LogP contribution in [0.1, 0.15) is 0 Å². The summed E-state index contributed by atoms with van der Waals surface area (Å²) >= 11 is 0. The number of hydrogen-bond acceptors (Lipinski definition) is 0. The Labute approximate surface area is 59.1 Å². The van der Waals surface area contributed by atoms with Gasteiger partial charge < -0.3 is 16.4 Å². The molecule has 0 atom stereocenters. The first kappa shape index (κ1) is 180. The van der Waals surface area contributed by atoms with E-state index >= 15 is 0 Å². The van der Waals surface area contributed by atoms with Gasteiger partial charge in [0.2, 0.25) is 0 Å². The Balaban J connectivity index is 0. The maximum atomic E-state index is 0. The van der Waals surface area contributed by atoms with Gasteiger partial charge in [0.25, 0.3) is 0 Å². The average molecular weight is 124 g/mol. The maximum Gasteiger partial charge on any atom is 0 e.